The number of Topliss-reactive ketones (excluding diaryl/α,β-unsaturated/α-hetero) is 1. The monoisotopic (exact) mass is 650 g/mol. The van der Waals surface area contributed by atoms with Crippen molar-refractivity contribution < 1.29 is 28.8 Å². The molecule has 5 rings (SSSR count). The Morgan fingerprint density at radius 3 is 2.45 bits per heavy atom. The molecule has 3 N–H and O–H groups in total. The Morgan fingerprint density at radius 1 is 1.06 bits per heavy atom. The quantitative estimate of drug-likeness (QED) is 0.293. The Morgan fingerprint density at radius 2 is 1.81 bits per heavy atom. The fourth-order valence-corrected chi connectivity index (χ4v) is 6.97. The van der Waals surface area contributed by atoms with Gasteiger partial charge in [-0.05, 0) is 55.6 Å². The van der Waals surface area contributed by atoms with Crippen molar-refractivity contribution in [2.45, 2.75) is 135 Å². The van der Waals surface area contributed by atoms with Crippen LogP contribution in [0, 0.1) is 11.3 Å². The van der Waals surface area contributed by atoms with Crippen LogP contribution in [-0.2, 0) is 28.8 Å². The molecule has 1 aromatic heterocycles. The zero-order chi connectivity index (χ0) is 33.8. The highest BCUT2D eigenvalue weighted by atomic mass is 16.7. The van der Waals surface area contributed by atoms with Crippen molar-refractivity contribution in [1.29, 1.82) is 0 Å². The van der Waals surface area contributed by atoms with Gasteiger partial charge in [-0.15, -0.1) is 0 Å². The Hall–Kier alpha value is -3.83. The van der Waals surface area contributed by atoms with Gasteiger partial charge in [0.25, 0.3) is 5.91 Å². The number of nitrogens with one attached hydrogen (secondary N) is 3. The van der Waals surface area contributed by atoms with Crippen LogP contribution in [0.25, 0.3) is 0 Å². The van der Waals surface area contributed by atoms with E-state index in [2.05, 4.69) is 26.1 Å². The molecule has 4 atom stereocenters. The molecule has 3 fully saturated rings. The number of hydrogen-bond acceptors (Lipinski definition) is 8. The lowest BCUT2D eigenvalue weighted by molar-refractivity contribution is -0.145. The van der Waals surface area contributed by atoms with Crippen molar-refractivity contribution in [3.05, 3.63) is 30.1 Å². The van der Waals surface area contributed by atoms with E-state index in [9.17, 15) is 24.0 Å². The number of nitrogens with zero attached hydrogens (tertiary/aromatic N) is 3. The second-order valence-electron chi connectivity index (χ2n) is 15.0. The predicted octanol–water partition coefficient (Wildman–Crippen LogP) is 3.18. The van der Waals surface area contributed by atoms with Gasteiger partial charge in [0.1, 0.15) is 12.1 Å². The summed E-state index contributed by atoms with van der Waals surface area (Å²) in [5.74, 6) is -2.21. The molecule has 12 nitrogen and oxygen atoms in total. The molecule has 0 aromatic carbocycles. The predicted molar refractivity (Wildman–Crippen MR) is 175 cm³/mol. The smallest absolute Gasteiger partial charge is 0.289 e. The van der Waals surface area contributed by atoms with E-state index in [4.69, 9.17) is 4.84 Å². The van der Waals surface area contributed by atoms with E-state index in [1.54, 1.807) is 18.5 Å². The van der Waals surface area contributed by atoms with Crippen molar-refractivity contribution >= 4 is 35.1 Å². The van der Waals surface area contributed by atoms with E-state index < -0.39 is 52.6 Å². The third-order valence-electron chi connectivity index (χ3n) is 9.78. The summed E-state index contributed by atoms with van der Waals surface area (Å²) in [6.07, 6.45) is 12.1. The first-order valence-corrected chi connectivity index (χ1v) is 17.3. The van der Waals surface area contributed by atoms with Gasteiger partial charge in [0, 0.05) is 43.3 Å². The average Bonchev–Trinajstić information content (AvgIpc) is 3.64. The lowest BCUT2D eigenvalue weighted by atomic mass is 9.84. The first-order chi connectivity index (χ1) is 22.4. The minimum absolute atomic E-state index is 0.00316. The molecule has 1 aromatic rings. The number of carbonyl (C=O) groups excluding carboxylic acids is 5. The van der Waals surface area contributed by atoms with Crippen LogP contribution < -0.4 is 16.0 Å². The molecule has 12 heteroatoms. The fraction of sp³-hybridized carbons (Fsp3) is 0.686. The molecule has 4 amide bonds. The lowest BCUT2D eigenvalue weighted by Gasteiger charge is -2.36. The highest BCUT2D eigenvalue weighted by molar-refractivity contribution is 6.38. The van der Waals surface area contributed by atoms with Gasteiger partial charge in [-0.25, -0.2) is 0 Å². The van der Waals surface area contributed by atoms with E-state index >= 15 is 0 Å². The SMILES string of the molecule is CCC[C@H](NC(=O)[C@@H]1C[C@]2(CC(c3cccnc3)=NO2)CN1C(=O)[C@@H](NC(=O)CC1CCCCC1)C(C)(C)C)C(=O)C(=O)NC1CC1. The average molecular weight is 651 g/mol. The topological polar surface area (TPSA) is 159 Å². The first-order valence-electron chi connectivity index (χ1n) is 17.3. The van der Waals surface area contributed by atoms with E-state index in [1.165, 1.54) is 11.3 Å². The molecule has 256 valence electrons. The molecule has 0 bridgehead atoms. The Kier molecular flexibility index (Phi) is 10.7. The van der Waals surface area contributed by atoms with Gasteiger partial charge in [-0.2, -0.15) is 0 Å². The summed E-state index contributed by atoms with van der Waals surface area (Å²) in [6, 6.07) is 0.744. The standard InChI is InChI=1S/C35H50N6O6/c1-5-10-25(29(43)32(45)37-24-14-15-24)38-31(44)27-19-35(18-26(40-47-35)23-13-9-16-36-20-23)21-41(27)33(46)30(34(2,3)4)39-28(42)17-22-11-7-6-8-12-22/h9,13,16,20,22,24-25,27,30H,5-8,10-12,14-15,17-19,21H2,1-4H3,(H,37,45)(H,38,44)(H,39,42)/t25-,27-,30+,35+/m0/s1. The largest absolute Gasteiger partial charge is 0.387 e. The summed E-state index contributed by atoms with van der Waals surface area (Å²) < 4.78 is 0. The van der Waals surface area contributed by atoms with Gasteiger partial charge < -0.3 is 25.7 Å². The van der Waals surface area contributed by atoms with Crippen molar-refractivity contribution in [3.63, 3.8) is 0 Å². The summed E-state index contributed by atoms with van der Waals surface area (Å²) in [6.45, 7) is 7.61. The third-order valence-corrected chi connectivity index (χ3v) is 9.78. The molecule has 1 saturated heterocycles. The number of amides is 4. The Bertz CT molecular complexity index is 1370. The van der Waals surface area contributed by atoms with Crippen molar-refractivity contribution in [2.75, 3.05) is 6.54 Å². The van der Waals surface area contributed by atoms with Gasteiger partial charge >= 0.3 is 0 Å². The maximum atomic E-state index is 14.5. The van der Waals surface area contributed by atoms with Gasteiger partial charge in [0.05, 0.1) is 18.3 Å². The second kappa shape index (κ2) is 14.5. The normalized spacial score (nSPS) is 24.2. The number of ketones is 1. The summed E-state index contributed by atoms with van der Waals surface area (Å²) in [5, 5.41) is 12.9. The number of likely N-dealkylation sites (tertiary alicyclic amines) is 1. The van der Waals surface area contributed by atoms with Crippen LogP contribution in [0.15, 0.2) is 29.7 Å². The van der Waals surface area contributed by atoms with E-state index in [0.29, 0.717) is 30.9 Å². The molecule has 3 heterocycles. The van der Waals surface area contributed by atoms with Crippen LogP contribution in [0.4, 0.5) is 0 Å². The van der Waals surface area contributed by atoms with Gasteiger partial charge in [-0.3, -0.25) is 29.0 Å². The first kappa shape index (κ1) is 34.5. The van der Waals surface area contributed by atoms with Crippen LogP contribution >= 0.6 is 0 Å². The molecule has 2 aliphatic carbocycles. The summed E-state index contributed by atoms with van der Waals surface area (Å²) in [7, 11) is 0. The molecular formula is C35H50N6O6. The van der Waals surface area contributed by atoms with E-state index in [0.717, 1.165) is 44.1 Å². The summed E-state index contributed by atoms with van der Waals surface area (Å²) in [4.78, 5) is 79.4. The highest BCUT2D eigenvalue weighted by Gasteiger charge is 2.55. The minimum atomic E-state index is -1.03. The number of aromatic nitrogens is 1. The number of pyridine rings is 1. The van der Waals surface area contributed by atoms with E-state index in [1.807, 2.05) is 33.8 Å². The lowest BCUT2D eigenvalue weighted by Crippen LogP contribution is -2.59. The fourth-order valence-electron chi connectivity index (χ4n) is 6.97. The Labute approximate surface area is 277 Å². The minimum Gasteiger partial charge on any atom is -0.387 e. The van der Waals surface area contributed by atoms with Gasteiger partial charge in [0.15, 0.2) is 5.60 Å². The zero-order valence-electron chi connectivity index (χ0n) is 28.2. The maximum absolute atomic E-state index is 14.5. The molecule has 47 heavy (non-hydrogen) atoms. The van der Waals surface area contributed by atoms with Crippen LogP contribution in [0.3, 0.4) is 0 Å². The van der Waals surface area contributed by atoms with Gasteiger partial charge in [-0.1, -0.05) is 58.5 Å². The molecule has 0 unspecified atom stereocenters. The van der Waals surface area contributed by atoms with Gasteiger partial charge in [0.2, 0.25) is 23.5 Å². The summed E-state index contributed by atoms with van der Waals surface area (Å²) >= 11 is 0. The molecule has 2 aliphatic heterocycles. The van der Waals surface area contributed by atoms with Crippen LogP contribution in [0.2, 0.25) is 0 Å². The van der Waals surface area contributed by atoms with Crippen molar-refractivity contribution in [3.8, 4) is 0 Å². The third kappa shape index (κ3) is 8.56. The highest BCUT2D eigenvalue weighted by Crippen LogP contribution is 2.40. The Balaban J connectivity index is 1.37. The van der Waals surface area contributed by atoms with E-state index in [-0.39, 0.29) is 31.3 Å². The van der Waals surface area contributed by atoms with Crippen molar-refractivity contribution in [1.82, 2.24) is 25.8 Å². The maximum Gasteiger partial charge on any atom is 0.289 e. The molecule has 0 radical (unpaired) electrons. The van der Waals surface area contributed by atoms with Crippen LogP contribution in [0.5, 0.6) is 0 Å². The number of hydrogen-bond donors (Lipinski definition) is 3. The number of oxime groups is 1. The molecule has 4 aliphatic rings. The van der Waals surface area contributed by atoms with Crippen LogP contribution in [0.1, 0.15) is 110 Å². The molecule has 2 saturated carbocycles. The zero-order valence-corrected chi connectivity index (χ0v) is 28.2. The van der Waals surface area contributed by atoms with Crippen LogP contribution in [-0.4, -0.2) is 81.3 Å². The number of carbonyl (C=O) groups is 5. The molecular weight excluding hydrogens is 600 g/mol. The number of rotatable bonds is 12. The van der Waals surface area contributed by atoms with Crippen molar-refractivity contribution in [2.24, 2.45) is 16.5 Å². The molecule has 1 spiro atoms. The summed E-state index contributed by atoms with van der Waals surface area (Å²) in [5.41, 5.74) is -0.195. The second-order valence-corrected chi connectivity index (χ2v) is 15.0.